The van der Waals surface area contributed by atoms with Crippen LogP contribution in [0.4, 0.5) is 11.4 Å². The van der Waals surface area contributed by atoms with Crippen LogP contribution in [0.3, 0.4) is 0 Å². The first-order chi connectivity index (χ1) is 9.11. The molecule has 0 aromatic heterocycles. The van der Waals surface area contributed by atoms with Gasteiger partial charge in [0.1, 0.15) is 0 Å². The third-order valence-electron chi connectivity index (χ3n) is 3.93. The van der Waals surface area contributed by atoms with Crippen molar-refractivity contribution in [1.82, 2.24) is 0 Å². The molecule has 1 N–H and O–H groups in total. The standard InChI is InChI=1S/C14H20N2O4/c1-6-14(3,4)15(5)11-7-10(13(17)18)8-12(9(11)2)16(19)20/h7-8H,6H2,1-5H3,(H,17,18). The van der Waals surface area contributed by atoms with E-state index in [0.29, 0.717) is 11.3 Å². The number of nitrogens with zero attached hydrogens (tertiary/aromatic N) is 2. The van der Waals surface area contributed by atoms with Gasteiger partial charge in [-0.25, -0.2) is 4.79 Å². The highest BCUT2D eigenvalue weighted by molar-refractivity contribution is 5.90. The van der Waals surface area contributed by atoms with E-state index in [2.05, 4.69) is 0 Å². The van der Waals surface area contributed by atoms with E-state index in [0.717, 1.165) is 12.5 Å². The second-order valence-corrected chi connectivity index (χ2v) is 5.43. The summed E-state index contributed by atoms with van der Waals surface area (Å²) in [5.41, 5.74) is 0.581. The van der Waals surface area contributed by atoms with Crippen molar-refractivity contribution in [3.05, 3.63) is 33.4 Å². The minimum Gasteiger partial charge on any atom is -0.478 e. The lowest BCUT2D eigenvalue weighted by Crippen LogP contribution is -2.41. The Kier molecular flexibility index (Phi) is 4.37. The monoisotopic (exact) mass is 280 g/mol. The van der Waals surface area contributed by atoms with Crippen molar-refractivity contribution in [2.75, 3.05) is 11.9 Å². The zero-order valence-corrected chi connectivity index (χ0v) is 12.4. The molecule has 0 amide bonds. The third kappa shape index (κ3) is 2.89. The molecule has 0 atom stereocenters. The molecule has 0 heterocycles. The SMILES string of the molecule is CCC(C)(C)N(C)c1cc(C(=O)O)cc([N+](=O)[O-])c1C. The highest BCUT2D eigenvalue weighted by atomic mass is 16.6. The smallest absolute Gasteiger partial charge is 0.336 e. The highest BCUT2D eigenvalue weighted by Crippen LogP contribution is 2.34. The van der Waals surface area contributed by atoms with Crippen molar-refractivity contribution >= 4 is 17.3 Å². The molecule has 0 unspecified atom stereocenters. The van der Waals surface area contributed by atoms with E-state index in [9.17, 15) is 14.9 Å². The summed E-state index contributed by atoms with van der Waals surface area (Å²) in [6.07, 6.45) is 0.827. The fraction of sp³-hybridized carbons (Fsp3) is 0.500. The molecule has 0 fully saturated rings. The summed E-state index contributed by atoms with van der Waals surface area (Å²) in [5.74, 6) is -1.17. The van der Waals surface area contributed by atoms with Gasteiger partial charge in [0.15, 0.2) is 0 Å². The quantitative estimate of drug-likeness (QED) is 0.661. The molecule has 1 aromatic carbocycles. The molecule has 1 aromatic rings. The average molecular weight is 280 g/mol. The largest absolute Gasteiger partial charge is 0.478 e. The van der Waals surface area contributed by atoms with Crippen LogP contribution in [0.1, 0.15) is 43.1 Å². The van der Waals surface area contributed by atoms with Crippen LogP contribution in [0.2, 0.25) is 0 Å². The van der Waals surface area contributed by atoms with Gasteiger partial charge >= 0.3 is 5.97 Å². The molecule has 0 aliphatic carbocycles. The number of carboxylic acid groups (broad SMARTS) is 1. The number of nitro benzene ring substituents is 1. The molecular formula is C14H20N2O4. The summed E-state index contributed by atoms with van der Waals surface area (Å²) in [4.78, 5) is 23.6. The van der Waals surface area contributed by atoms with Crippen LogP contribution in [0.5, 0.6) is 0 Å². The summed E-state index contributed by atoms with van der Waals surface area (Å²) >= 11 is 0. The fourth-order valence-electron chi connectivity index (χ4n) is 1.91. The lowest BCUT2D eigenvalue weighted by atomic mass is 9.97. The molecule has 1 rings (SSSR count). The number of carboxylic acids is 1. The topological polar surface area (TPSA) is 83.7 Å². The van der Waals surface area contributed by atoms with Crippen LogP contribution < -0.4 is 4.90 Å². The molecule has 110 valence electrons. The number of benzene rings is 1. The van der Waals surface area contributed by atoms with E-state index in [1.807, 2.05) is 32.7 Å². The Balaban J connectivity index is 3.53. The first kappa shape index (κ1) is 15.9. The zero-order valence-electron chi connectivity index (χ0n) is 12.4. The van der Waals surface area contributed by atoms with Crippen molar-refractivity contribution in [1.29, 1.82) is 0 Å². The number of hydrogen-bond donors (Lipinski definition) is 1. The van der Waals surface area contributed by atoms with Crippen molar-refractivity contribution < 1.29 is 14.8 Å². The molecular weight excluding hydrogens is 260 g/mol. The predicted octanol–water partition coefficient (Wildman–Crippen LogP) is 3.23. The van der Waals surface area contributed by atoms with Crippen LogP contribution in [-0.2, 0) is 0 Å². The molecule has 0 aliphatic rings. The first-order valence-electron chi connectivity index (χ1n) is 6.38. The summed E-state index contributed by atoms with van der Waals surface area (Å²) < 4.78 is 0. The van der Waals surface area contributed by atoms with E-state index in [-0.39, 0.29) is 16.8 Å². The second-order valence-electron chi connectivity index (χ2n) is 5.43. The molecule has 0 saturated heterocycles. The number of anilines is 1. The predicted molar refractivity (Wildman–Crippen MR) is 77.6 cm³/mol. The van der Waals surface area contributed by atoms with Gasteiger partial charge in [-0.1, -0.05) is 6.92 Å². The van der Waals surface area contributed by atoms with Gasteiger partial charge in [-0.05, 0) is 33.3 Å². The number of hydrogen-bond acceptors (Lipinski definition) is 4. The van der Waals surface area contributed by atoms with Crippen molar-refractivity contribution in [3.8, 4) is 0 Å². The maximum absolute atomic E-state index is 11.1. The average Bonchev–Trinajstić information content (AvgIpc) is 2.37. The molecule has 0 bridgehead atoms. The minimum atomic E-state index is -1.17. The Hall–Kier alpha value is -2.11. The Bertz CT molecular complexity index is 552. The number of carbonyl (C=O) groups is 1. The van der Waals surface area contributed by atoms with Gasteiger partial charge in [0, 0.05) is 24.3 Å². The molecule has 0 saturated carbocycles. The maximum atomic E-state index is 11.1. The summed E-state index contributed by atoms with van der Waals surface area (Å²) in [5, 5.41) is 20.2. The highest BCUT2D eigenvalue weighted by Gasteiger charge is 2.27. The van der Waals surface area contributed by atoms with Crippen LogP contribution in [0.25, 0.3) is 0 Å². The van der Waals surface area contributed by atoms with Crippen molar-refractivity contribution in [3.63, 3.8) is 0 Å². The summed E-state index contributed by atoms with van der Waals surface area (Å²) in [7, 11) is 1.82. The Morgan fingerprint density at radius 3 is 2.40 bits per heavy atom. The fourth-order valence-corrected chi connectivity index (χ4v) is 1.91. The van der Waals surface area contributed by atoms with E-state index >= 15 is 0 Å². The van der Waals surface area contributed by atoms with E-state index in [4.69, 9.17) is 5.11 Å². The van der Waals surface area contributed by atoms with Gasteiger partial charge < -0.3 is 10.0 Å². The third-order valence-corrected chi connectivity index (χ3v) is 3.93. The summed E-state index contributed by atoms with van der Waals surface area (Å²) in [6, 6.07) is 2.59. The lowest BCUT2D eigenvalue weighted by molar-refractivity contribution is -0.385. The van der Waals surface area contributed by atoms with E-state index in [1.165, 1.54) is 6.07 Å². The number of aromatic carboxylic acids is 1. The first-order valence-corrected chi connectivity index (χ1v) is 6.38. The van der Waals surface area contributed by atoms with Crippen LogP contribution in [-0.4, -0.2) is 28.6 Å². The van der Waals surface area contributed by atoms with E-state index < -0.39 is 10.9 Å². The molecule has 20 heavy (non-hydrogen) atoms. The molecule has 6 nitrogen and oxygen atoms in total. The number of nitro groups is 1. The van der Waals surface area contributed by atoms with Gasteiger partial charge in [-0.2, -0.15) is 0 Å². The van der Waals surface area contributed by atoms with Gasteiger partial charge in [0.05, 0.1) is 16.1 Å². The van der Waals surface area contributed by atoms with E-state index in [1.54, 1.807) is 6.92 Å². The van der Waals surface area contributed by atoms with Crippen molar-refractivity contribution in [2.45, 2.75) is 39.7 Å². The van der Waals surface area contributed by atoms with Gasteiger partial charge in [0.2, 0.25) is 0 Å². The zero-order chi connectivity index (χ0) is 15.7. The Labute approximate surface area is 118 Å². The maximum Gasteiger partial charge on any atom is 0.336 e. The van der Waals surface area contributed by atoms with Gasteiger partial charge in [-0.3, -0.25) is 10.1 Å². The van der Waals surface area contributed by atoms with Gasteiger partial charge in [-0.15, -0.1) is 0 Å². The minimum absolute atomic E-state index is 0.0731. The van der Waals surface area contributed by atoms with Crippen LogP contribution in [0.15, 0.2) is 12.1 Å². The molecule has 6 heteroatoms. The lowest BCUT2D eigenvalue weighted by Gasteiger charge is -2.37. The number of rotatable bonds is 5. The Morgan fingerprint density at radius 2 is 2.00 bits per heavy atom. The summed E-state index contributed by atoms with van der Waals surface area (Å²) in [6.45, 7) is 7.67. The normalized spacial score (nSPS) is 11.2. The van der Waals surface area contributed by atoms with Crippen LogP contribution >= 0.6 is 0 Å². The van der Waals surface area contributed by atoms with Crippen molar-refractivity contribution in [2.24, 2.45) is 0 Å². The second kappa shape index (κ2) is 5.48. The molecule has 0 spiro atoms. The molecule has 0 radical (unpaired) electrons. The van der Waals surface area contributed by atoms with Gasteiger partial charge in [0.25, 0.3) is 5.69 Å². The Morgan fingerprint density at radius 1 is 1.45 bits per heavy atom. The molecule has 0 aliphatic heterocycles. The van der Waals surface area contributed by atoms with Crippen LogP contribution in [0, 0.1) is 17.0 Å².